The van der Waals surface area contributed by atoms with Gasteiger partial charge in [-0.2, -0.15) is 0 Å². The fraction of sp³-hybridized carbons (Fsp3) is 0.800. The van der Waals surface area contributed by atoms with E-state index < -0.39 is 12.0 Å². The van der Waals surface area contributed by atoms with Crippen LogP contribution in [-0.4, -0.2) is 47.7 Å². The number of carboxylic acids is 1. The molecule has 5 nitrogen and oxygen atoms in total. The summed E-state index contributed by atoms with van der Waals surface area (Å²) in [5, 5.41) is 8.96. The molecule has 0 aromatic heterocycles. The molecule has 0 aromatic rings. The molecule has 0 saturated carbocycles. The number of aliphatic carboxylic acids is 1. The third-order valence-electron chi connectivity index (χ3n) is 2.70. The van der Waals surface area contributed by atoms with E-state index in [1.807, 2.05) is 11.8 Å². The zero-order valence-electron chi connectivity index (χ0n) is 9.10. The number of ether oxygens (including phenoxy) is 1. The van der Waals surface area contributed by atoms with Crippen LogP contribution in [0.3, 0.4) is 0 Å². The maximum absolute atomic E-state index is 10.9. The summed E-state index contributed by atoms with van der Waals surface area (Å²) in [7, 11) is 0. The van der Waals surface area contributed by atoms with Crippen LogP contribution in [0.15, 0.2) is 0 Å². The number of carboxylic acid groups (broad SMARTS) is 1. The normalized spacial score (nSPS) is 26.5. The lowest BCUT2D eigenvalue weighted by molar-refractivity contribution is -0.142. The lowest BCUT2D eigenvalue weighted by Crippen LogP contribution is -2.35. The Balaban J connectivity index is 2.45. The van der Waals surface area contributed by atoms with Crippen molar-refractivity contribution in [2.45, 2.75) is 26.3 Å². The van der Waals surface area contributed by atoms with E-state index in [0.29, 0.717) is 26.1 Å². The molecule has 1 aliphatic rings. The van der Waals surface area contributed by atoms with Crippen LogP contribution in [0.4, 0.5) is 0 Å². The first-order valence-corrected chi connectivity index (χ1v) is 5.14. The third kappa shape index (κ3) is 3.20. The lowest BCUT2D eigenvalue weighted by Gasteiger charge is -2.18. The molecule has 0 spiro atoms. The van der Waals surface area contributed by atoms with Crippen LogP contribution in [-0.2, 0) is 14.3 Å². The number of likely N-dealkylation sites (tertiary alicyclic amines) is 1. The zero-order valence-corrected chi connectivity index (χ0v) is 9.10. The van der Waals surface area contributed by atoms with E-state index in [1.54, 1.807) is 0 Å². The lowest BCUT2D eigenvalue weighted by atomic mass is 10.1. The molecule has 0 amide bonds. The van der Waals surface area contributed by atoms with E-state index in [-0.39, 0.29) is 11.9 Å². The highest BCUT2D eigenvalue weighted by Crippen LogP contribution is 2.23. The second-order valence-electron chi connectivity index (χ2n) is 3.85. The smallest absolute Gasteiger partial charge is 0.320 e. The summed E-state index contributed by atoms with van der Waals surface area (Å²) >= 11 is 0. The molecule has 1 fully saturated rings. The second kappa shape index (κ2) is 5.11. The van der Waals surface area contributed by atoms with E-state index in [9.17, 15) is 9.59 Å². The Morgan fingerprint density at radius 2 is 2.20 bits per heavy atom. The van der Waals surface area contributed by atoms with Crippen LogP contribution in [0.1, 0.15) is 20.3 Å². The standard InChI is InChI=1S/C10H17NO4/c1-3-11-5-8(6-15-7(2)12)4-9(11)10(13)14/h8-9H,3-6H2,1-2H3,(H,13,14). The van der Waals surface area contributed by atoms with Crippen molar-refractivity contribution in [2.24, 2.45) is 5.92 Å². The van der Waals surface area contributed by atoms with E-state index in [0.717, 1.165) is 0 Å². The molecule has 1 aliphatic heterocycles. The van der Waals surface area contributed by atoms with Crippen LogP contribution < -0.4 is 0 Å². The summed E-state index contributed by atoms with van der Waals surface area (Å²) in [6.07, 6.45) is 0.566. The summed E-state index contributed by atoms with van der Waals surface area (Å²) in [5.74, 6) is -0.950. The summed E-state index contributed by atoms with van der Waals surface area (Å²) < 4.78 is 4.89. The van der Waals surface area contributed by atoms with Crippen molar-refractivity contribution in [3.8, 4) is 0 Å². The van der Waals surface area contributed by atoms with E-state index >= 15 is 0 Å². The largest absolute Gasteiger partial charge is 0.480 e. The Morgan fingerprint density at radius 1 is 1.53 bits per heavy atom. The summed E-state index contributed by atoms with van der Waals surface area (Å²) in [4.78, 5) is 23.4. The first-order chi connectivity index (χ1) is 7.04. The Kier molecular flexibility index (Phi) is 4.08. The molecule has 5 heteroatoms. The number of hydrogen-bond donors (Lipinski definition) is 1. The molecule has 0 bridgehead atoms. The highest BCUT2D eigenvalue weighted by molar-refractivity contribution is 5.74. The van der Waals surface area contributed by atoms with Gasteiger partial charge in [-0.1, -0.05) is 6.92 Å². The predicted molar refractivity (Wildman–Crippen MR) is 53.4 cm³/mol. The van der Waals surface area contributed by atoms with Crippen molar-refractivity contribution in [2.75, 3.05) is 19.7 Å². The van der Waals surface area contributed by atoms with Gasteiger partial charge in [0.15, 0.2) is 0 Å². The summed E-state index contributed by atoms with van der Waals surface area (Å²) in [6.45, 7) is 5.04. The average molecular weight is 215 g/mol. The Hall–Kier alpha value is -1.10. The van der Waals surface area contributed by atoms with E-state index in [1.165, 1.54) is 6.92 Å². The highest BCUT2D eigenvalue weighted by atomic mass is 16.5. The van der Waals surface area contributed by atoms with Crippen molar-refractivity contribution in [1.82, 2.24) is 4.90 Å². The maximum atomic E-state index is 10.9. The van der Waals surface area contributed by atoms with Gasteiger partial charge in [0.1, 0.15) is 6.04 Å². The molecule has 86 valence electrons. The third-order valence-corrected chi connectivity index (χ3v) is 2.70. The first-order valence-electron chi connectivity index (χ1n) is 5.14. The number of hydrogen-bond acceptors (Lipinski definition) is 4. The zero-order chi connectivity index (χ0) is 11.4. The van der Waals surface area contributed by atoms with Crippen molar-refractivity contribution < 1.29 is 19.4 Å². The molecule has 2 atom stereocenters. The molecular formula is C10H17NO4. The topological polar surface area (TPSA) is 66.8 Å². The van der Waals surface area contributed by atoms with Crippen LogP contribution in [0, 0.1) is 5.92 Å². The molecule has 1 rings (SSSR count). The molecule has 2 unspecified atom stereocenters. The molecule has 15 heavy (non-hydrogen) atoms. The number of rotatable bonds is 4. The SMILES string of the molecule is CCN1CC(COC(C)=O)CC1C(=O)O. The van der Waals surface area contributed by atoms with Crippen LogP contribution in [0.5, 0.6) is 0 Å². The van der Waals surface area contributed by atoms with Crippen molar-refractivity contribution in [3.63, 3.8) is 0 Å². The second-order valence-corrected chi connectivity index (χ2v) is 3.85. The molecule has 1 N–H and O–H groups in total. The van der Waals surface area contributed by atoms with Gasteiger partial charge < -0.3 is 9.84 Å². The van der Waals surface area contributed by atoms with Gasteiger partial charge in [0.2, 0.25) is 0 Å². The molecule has 0 aromatic carbocycles. The van der Waals surface area contributed by atoms with Crippen LogP contribution >= 0.6 is 0 Å². The van der Waals surface area contributed by atoms with Crippen LogP contribution in [0.25, 0.3) is 0 Å². The molecule has 0 aliphatic carbocycles. The van der Waals surface area contributed by atoms with Crippen molar-refractivity contribution in [3.05, 3.63) is 0 Å². The summed E-state index contributed by atoms with van der Waals surface area (Å²) in [5.41, 5.74) is 0. The Labute approximate surface area is 89.0 Å². The Bertz CT molecular complexity index is 254. The monoisotopic (exact) mass is 215 g/mol. The maximum Gasteiger partial charge on any atom is 0.320 e. The minimum atomic E-state index is -0.790. The minimum Gasteiger partial charge on any atom is -0.480 e. The van der Waals surface area contributed by atoms with Gasteiger partial charge in [-0.15, -0.1) is 0 Å². The van der Waals surface area contributed by atoms with E-state index in [4.69, 9.17) is 9.84 Å². The van der Waals surface area contributed by atoms with Gasteiger partial charge in [-0.05, 0) is 13.0 Å². The van der Waals surface area contributed by atoms with E-state index in [2.05, 4.69) is 0 Å². The number of nitrogens with zero attached hydrogens (tertiary/aromatic N) is 1. The van der Waals surface area contributed by atoms with Crippen molar-refractivity contribution >= 4 is 11.9 Å². The average Bonchev–Trinajstić information content (AvgIpc) is 2.57. The first kappa shape index (κ1) is 12.0. The van der Waals surface area contributed by atoms with Gasteiger partial charge in [0.25, 0.3) is 0 Å². The van der Waals surface area contributed by atoms with Gasteiger partial charge in [-0.25, -0.2) is 0 Å². The molecule has 1 heterocycles. The fourth-order valence-corrected chi connectivity index (χ4v) is 1.96. The predicted octanol–water partition coefficient (Wildman–Crippen LogP) is 0.344. The summed E-state index contributed by atoms with van der Waals surface area (Å²) in [6, 6.07) is -0.421. The van der Waals surface area contributed by atoms with Crippen molar-refractivity contribution in [1.29, 1.82) is 0 Å². The number of carbonyl (C=O) groups excluding carboxylic acids is 1. The molecule has 1 saturated heterocycles. The fourth-order valence-electron chi connectivity index (χ4n) is 1.96. The minimum absolute atomic E-state index is 0.148. The molecular weight excluding hydrogens is 198 g/mol. The van der Waals surface area contributed by atoms with Gasteiger partial charge >= 0.3 is 11.9 Å². The van der Waals surface area contributed by atoms with Crippen LogP contribution in [0.2, 0.25) is 0 Å². The molecule has 0 radical (unpaired) electrons. The quantitative estimate of drug-likeness (QED) is 0.685. The number of carbonyl (C=O) groups is 2. The van der Waals surface area contributed by atoms with Gasteiger partial charge in [-0.3, -0.25) is 14.5 Å². The Morgan fingerprint density at radius 3 is 2.60 bits per heavy atom. The van der Waals surface area contributed by atoms with Gasteiger partial charge in [0.05, 0.1) is 6.61 Å². The number of likely N-dealkylation sites (N-methyl/N-ethyl adjacent to an activating group) is 1. The number of esters is 1. The van der Waals surface area contributed by atoms with Gasteiger partial charge in [0, 0.05) is 19.4 Å². The highest BCUT2D eigenvalue weighted by Gasteiger charge is 2.36.